The molecule has 1 heteroatoms. The Morgan fingerprint density at radius 1 is 0.833 bits per heavy atom. The van der Waals surface area contributed by atoms with E-state index in [0.717, 1.165) is 19.4 Å². The van der Waals surface area contributed by atoms with Crippen molar-refractivity contribution in [2.24, 2.45) is 0 Å². The van der Waals surface area contributed by atoms with E-state index in [1.165, 1.54) is 16.7 Å². The molecule has 4 rings (SSSR count). The first-order chi connectivity index (χ1) is 8.79. The highest BCUT2D eigenvalue weighted by Crippen LogP contribution is 2.47. The molecule has 1 heterocycles. The van der Waals surface area contributed by atoms with Crippen molar-refractivity contribution in [1.82, 2.24) is 4.90 Å². The number of rotatable bonds is 0. The summed E-state index contributed by atoms with van der Waals surface area (Å²) in [6, 6.07) is 17.9. The third-order valence-corrected chi connectivity index (χ3v) is 4.74. The molecule has 2 aliphatic rings. The van der Waals surface area contributed by atoms with Crippen molar-refractivity contribution in [2.75, 3.05) is 7.05 Å². The number of benzene rings is 2. The van der Waals surface area contributed by atoms with Crippen molar-refractivity contribution in [3.63, 3.8) is 0 Å². The zero-order valence-corrected chi connectivity index (χ0v) is 10.7. The normalized spacial score (nSPS) is 20.1. The van der Waals surface area contributed by atoms with Gasteiger partial charge in [0.1, 0.15) is 0 Å². The highest BCUT2D eigenvalue weighted by molar-refractivity contribution is 5.47. The number of nitrogens with zero attached hydrogens (tertiary/aromatic N) is 1. The molecule has 0 radical (unpaired) electrons. The fourth-order valence-corrected chi connectivity index (χ4v) is 3.78. The summed E-state index contributed by atoms with van der Waals surface area (Å²) < 4.78 is 0. The Morgan fingerprint density at radius 3 is 2.06 bits per heavy atom. The van der Waals surface area contributed by atoms with Crippen molar-refractivity contribution in [2.45, 2.75) is 24.9 Å². The van der Waals surface area contributed by atoms with E-state index >= 15 is 0 Å². The van der Waals surface area contributed by atoms with Crippen LogP contribution in [0, 0.1) is 0 Å². The van der Waals surface area contributed by atoms with Gasteiger partial charge in [-0.05, 0) is 42.1 Å². The van der Waals surface area contributed by atoms with Gasteiger partial charge in [0, 0.05) is 6.54 Å². The average molecular weight is 235 g/mol. The highest BCUT2D eigenvalue weighted by Gasteiger charge is 2.46. The summed E-state index contributed by atoms with van der Waals surface area (Å²) in [6.45, 7) is 1.09. The monoisotopic (exact) mass is 235 g/mol. The van der Waals surface area contributed by atoms with E-state index < -0.39 is 0 Å². The second-order valence-electron chi connectivity index (χ2n) is 5.67. The number of hydrogen-bond acceptors (Lipinski definition) is 1. The highest BCUT2D eigenvalue weighted by atomic mass is 15.2. The zero-order valence-electron chi connectivity index (χ0n) is 10.7. The molecule has 1 aliphatic carbocycles. The lowest BCUT2D eigenvalue weighted by Crippen LogP contribution is -2.39. The summed E-state index contributed by atoms with van der Waals surface area (Å²) in [7, 11) is 2.27. The minimum Gasteiger partial charge on any atom is -0.292 e. The van der Waals surface area contributed by atoms with Crippen molar-refractivity contribution in [3.8, 4) is 0 Å². The van der Waals surface area contributed by atoms with E-state index in [1.807, 2.05) is 0 Å². The van der Waals surface area contributed by atoms with Crippen LogP contribution < -0.4 is 0 Å². The van der Waals surface area contributed by atoms with Crippen molar-refractivity contribution in [1.29, 1.82) is 0 Å². The molecule has 0 unspecified atom stereocenters. The van der Waals surface area contributed by atoms with Crippen LogP contribution in [0.3, 0.4) is 0 Å². The molecule has 1 nitrogen and oxygen atoms in total. The average Bonchev–Trinajstić information content (AvgIpc) is 2.90. The SMILES string of the molecule is CN1Cc2ccccc2C12Cc1ccccc1C2. The van der Waals surface area contributed by atoms with E-state index in [2.05, 4.69) is 60.5 Å². The molecule has 0 aromatic heterocycles. The second-order valence-corrected chi connectivity index (χ2v) is 5.67. The van der Waals surface area contributed by atoms with Gasteiger partial charge >= 0.3 is 0 Å². The van der Waals surface area contributed by atoms with Gasteiger partial charge in [0.2, 0.25) is 0 Å². The first kappa shape index (κ1) is 10.3. The third kappa shape index (κ3) is 1.20. The molecular weight excluding hydrogens is 218 g/mol. The predicted molar refractivity (Wildman–Crippen MR) is 73.4 cm³/mol. The molecule has 90 valence electrons. The van der Waals surface area contributed by atoms with Crippen LogP contribution in [0.25, 0.3) is 0 Å². The van der Waals surface area contributed by atoms with E-state index in [0.29, 0.717) is 0 Å². The molecule has 0 saturated heterocycles. The summed E-state index contributed by atoms with van der Waals surface area (Å²) in [4.78, 5) is 2.54. The molecule has 0 N–H and O–H groups in total. The molecule has 1 spiro atoms. The van der Waals surface area contributed by atoms with Crippen LogP contribution in [-0.4, -0.2) is 11.9 Å². The third-order valence-electron chi connectivity index (χ3n) is 4.74. The molecule has 0 saturated carbocycles. The lowest BCUT2D eigenvalue weighted by atomic mass is 9.87. The molecular formula is C17H17N. The first-order valence-corrected chi connectivity index (χ1v) is 6.66. The van der Waals surface area contributed by atoms with Gasteiger partial charge in [-0.25, -0.2) is 0 Å². The van der Waals surface area contributed by atoms with E-state index in [9.17, 15) is 0 Å². The minimum absolute atomic E-state index is 0.222. The lowest BCUT2D eigenvalue weighted by molar-refractivity contribution is 0.147. The van der Waals surface area contributed by atoms with Crippen molar-refractivity contribution >= 4 is 0 Å². The summed E-state index contributed by atoms with van der Waals surface area (Å²) >= 11 is 0. The van der Waals surface area contributed by atoms with Crippen molar-refractivity contribution in [3.05, 3.63) is 70.8 Å². The van der Waals surface area contributed by atoms with Gasteiger partial charge in [0.25, 0.3) is 0 Å². The Labute approximate surface area is 108 Å². The maximum atomic E-state index is 2.54. The standard InChI is InChI=1S/C17H17N/c1-18-12-15-8-4-5-9-16(15)17(18)10-13-6-2-3-7-14(13)11-17/h2-9H,10-12H2,1H3. The Balaban J connectivity index is 1.88. The topological polar surface area (TPSA) is 3.24 Å². The Hall–Kier alpha value is -1.60. The van der Waals surface area contributed by atoms with Crippen LogP contribution in [0.1, 0.15) is 22.3 Å². The fraction of sp³-hybridized carbons (Fsp3) is 0.294. The molecule has 0 atom stereocenters. The number of hydrogen-bond donors (Lipinski definition) is 0. The molecule has 2 aromatic carbocycles. The van der Waals surface area contributed by atoms with E-state index in [-0.39, 0.29) is 5.54 Å². The van der Waals surface area contributed by atoms with Crippen molar-refractivity contribution < 1.29 is 0 Å². The molecule has 0 amide bonds. The Bertz CT molecular complexity index is 590. The van der Waals surface area contributed by atoms with E-state index in [4.69, 9.17) is 0 Å². The number of likely N-dealkylation sites (N-methyl/N-ethyl adjacent to an activating group) is 1. The maximum absolute atomic E-state index is 2.54. The van der Waals surface area contributed by atoms with Gasteiger partial charge in [0.05, 0.1) is 5.54 Å². The Kier molecular flexibility index (Phi) is 1.98. The quantitative estimate of drug-likeness (QED) is 0.678. The van der Waals surface area contributed by atoms with Crippen LogP contribution in [0.4, 0.5) is 0 Å². The summed E-state index contributed by atoms with van der Waals surface area (Å²) in [5.41, 5.74) is 6.33. The van der Waals surface area contributed by atoms with Gasteiger partial charge in [-0.3, -0.25) is 4.90 Å². The molecule has 0 bridgehead atoms. The van der Waals surface area contributed by atoms with Crippen LogP contribution >= 0.6 is 0 Å². The summed E-state index contributed by atoms with van der Waals surface area (Å²) in [5, 5.41) is 0. The molecule has 18 heavy (non-hydrogen) atoms. The summed E-state index contributed by atoms with van der Waals surface area (Å²) in [5.74, 6) is 0. The smallest absolute Gasteiger partial charge is 0.0545 e. The van der Waals surface area contributed by atoms with Crippen LogP contribution in [0.2, 0.25) is 0 Å². The van der Waals surface area contributed by atoms with Gasteiger partial charge in [-0.2, -0.15) is 0 Å². The van der Waals surface area contributed by atoms with Gasteiger partial charge in [0.15, 0.2) is 0 Å². The van der Waals surface area contributed by atoms with E-state index in [1.54, 1.807) is 5.56 Å². The fourth-order valence-electron chi connectivity index (χ4n) is 3.78. The molecule has 0 fully saturated rings. The van der Waals surface area contributed by atoms with Crippen LogP contribution in [0.15, 0.2) is 48.5 Å². The summed E-state index contributed by atoms with van der Waals surface area (Å²) in [6.07, 6.45) is 2.33. The molecule has 2 aromatic rings. The maximum Gasteiger partial charge on any atom is 0.0545 e. The van der Waals surface area contributed by atoms with Gasteiger partial charge < -0.3 is 0 Å². The number of fused-ring (bicyclic) bond motifs is 3. The minimum atomic E-state index is 0.222. The second kappa shape index (κ2) is 3.46. The van der Waals surface area contributed by atoms with Crippen LogP contribution in [-0.2, 0) is 24.9 Å². The largest absolute Gasteiger partial charge is 0.292 e. The molecule has 1 aliphatic heterocycles. The predicted octanol–water partition coefficient (Wildman–Crippen LogP) is 3.13. The van der Waals surface area contributed by atoms with Gasteiger partial charge in [-0.1, -0.05) is 48.5 Å². The Morgan fingerprint density at radius 2 is 1.39 bits per heavy atom. The van der Waals surface area contributed by atoms with Crippen LogP contribution in [0.5, 0.6) is 0 Å². The zero-order chi connectivity index (χ0) is 12.2. The first-order valence-electron chi connectivity index (χ1n) is 6.66. The lowest BCUT2D eigenvalue weighted by Gasteiger charge is -2.33. The van der Waals surface area contributed by atoms with Gasteiger partial charge in [-0.15, -0.1) is 0 Å².